The summed E-state index contributed by atoms with van der Waals surface area (Å²) in [5.41, 5.74) is 0. The van der Waals surface area contributed by atoms with Crippen molar-refractivity contribution in [3.63, 3.8) is 0 Å². The van der Waals surface area contributed by atoms with E-state index in [2.05, 4.69) is 596 Å². The van der Waals surface area contributed by atoms with Gasteiger partial charge in [-0.3, -0.25) is 37.1 Å². The molecule has 0 aromatic heterocycles. The molecule has 4 heterocycles. The number of carbonyl (C=O) groups is 4. The van der Waals surface area contributed by atoms with Crippen molar-refractivity contribution in [2.45, 2.75) is 48.0 Å². The summed E-state index contributed by atoms with van der Waals surface area (Å²) in [5, 5.41) is 19.9. The summed E-state index contributed by atoms with van der Waals surface area (Å²) in [6.45, 7) is 25.3. The number of quaternary nitrogens is 4. The predicted molar refractivity (Wildman–Crippen MR) is 755 cm³/mol. The number of nitrogens with zero attached hydrogens (tertiary/aromatic N) is 8. The zero-order valence-corrected chi connectivity index (χ0v) is 85.4. The Hall–Kier alpha value is -22.7. The van der Waals surface area contributed by atoms with Crippen molar-refractivity contribution in [2.75, 3.05) is 139 Å². The quantitative estimate of drug-likeness (QED) is 0.0532. The van der Waals surface area contributed by atoms with Gasteiger partial charge in [-0.05, 0) is 392 Å². The van der Waals surface area contributed by atoms with Crippen molar-refractivity contribution in [1.82, 2.24) is 21.3 Å². The maximum atomic E-state index is 11.8. The van der Waals surface area contributed by atoms with E-state index in [0.717, 1.165) is 133 Å². The van der Waals surface area contributed by atoms with Crippen LogP contribution in [0.4, 0.5) is 0 Å². The molecule has 4 aliphatic heterocycles. The Morgan fingerprint density at radius 1 is 0.280 bits per heavy atom. The Kier molecular flexibility index (Phi) is 83.7. The minimum absolute atomic E-state index is 0. The highest BCUT2D eigenvalue weighted by atomic mass is 35.5. The highest BCUT2D eigenvalue weighted by Crippen LogP contribution is 2.16. The minimum Gasteiger partial charge on any atom is -1.00 e. The number of likely N-dealkylation sites (N-methyl/N-ethyl adjacent to an activating group) is 3. The third-order valence-corrected chi connectivity index (χ3v) is 17.0. The average molecular weight is 2200 g/mol. The molecule has 0 aliphatic carbocycles. The second kappa shape index (κ2) is 94.0. The summed E-state index contributed by atoms with van der Waals surface area (Å²) in [4.78, 5) is 64.6. The number of terminal acetylenes is 3. The number of hydrogen-bond acceptors (Lipinski definition) is 12. The SMILES string of the molecule is C#CC#CC#CC#CC#CC#CC#CC#CC#CC#CC#CC#CC(=O)NCC[N+]1(C)CCN=C1C.C#CC#CC#CC#CC#CC#CC#CC#CC#CC#CC#CC(=O)NCC[N+]1(C)CCN=C1C.C#CC#CC#CC#CC#CC#CC#CC#CC#CC#CC(=O)NCC[N+]1(CCC)CCN=C1C.CC#CC#CC#CC#CC#CC#CC#CC#CC#CC#CC#CC#CC(=O)NCC[N+]1(C)CCN=C1C.CS(=O)(=O)O[O-].[Cl-].[Cl-].[Cl-].[HH].[HH].[HH].[HH].[HH].[HH].[HH].[HH].[HH].[HH].[HH].[HH].[HH].[HH].[HH].[HH].[HH].[HH].[HH].[HH].[HH].[HH].[HH].[HH].[HH].[HH].[HH].[HH].[HH].[HH].[HH].[HH].[HH].[HH].[HH].[HH].[HH].[HH].[HH].[HH].[HH].[HH].[HH].[HH].[HH].[HH].[HH].[HH].[HH].[HH].[HH].[HH].[HH].[HH].[HH].[HH].[HH].[HH].[HH].[HH].[HH].[HH].[HH].[HH].[HH].[HH].[HH].[HH].[HH].[HH].[HH].[HH].[HH].[HH].[HH].[HH].[HH].[HH].[HH].[HH].[HH].[HH].[HH].[HH].[HH].[HH].[HH]. The second-order valence-corrected chi connectivity index (χ2v) is 28.0. The van der Waals surface area contributed by atoms with Gasteiger partial charge in [0.05, 0.1) is 86.3 Å². The molecule has 0 fully saturated rings. The molecule has 886 valence electrons. The van der Waals surface area contributed by atoms with Crippen molar-refractivity contribution < 1.29 is 216 Å². The number of nitrogens with one attached hydrogen (secondary N) is 4. The number of aliphatic imine (C=N–C) groups is 4. The van der Waals surface area contributed by atoms with Crippen molar-refractivity contribution in [1.29, 1.82) is 0 Å². The number of amides is 4. The smallest absolute Gasteiger partial charge is 0.297 e. The Bertz CT molecular complexity index is 8920. The molecule has 4 amide bonds. The van der Waals surface area contributed by atoms with Gasteiger partial charge in [0.2, 0.25) is 0 Å². The molecule has 0 spiro atoms. The van der Waals surface area contributed by atoms with E-state index in [1.165, 1.54) is 0 Å². The lowest BCUT2D eigenvalue weighted by molar-refractivity contribution is -0.834. The Labute approximate surface area is 1030 Å². The molecule has 4 rings (SSSR count). The number of amidine groups is 4. The first-order valence-corrected chi connectivity index (χ1v) is 43.7. The van der Waals surface area contributed by atoms with E-state index < -0.39 is 10.1 Å². The molecule has 4 atom stereocenters. The third kappa shape index (κ3) is 80.3. The van der Waals surface area contributed by atoms with Crippen LogP contribution in [0.5, 0.6) is 0 Å². The van der Waals surface area contributed by atoms with E-state index in [1.54, 1.807) is 6.92 Å². The lowest BCUT2D eigenvalue weighted by Gasteiger charge is -2.33. The van der Waals surface area contributed by atoms with Crippen LogP contribution in [-0.4, -0.2) is 212 Å². The summed E-state index contributed by atoms with van der Waals surface area (Å²) in [6.07, 6.45) is 16.5. The number of carbonyl (C=O) groups excluding carboxylic acids is 4. The van der Waals surface area contributed by atoms with Crippen LogP contribution in [0, 0.1) is 534 Å². The molecule has 4 N–H and O–H groups in total. The number of halogens is 3. The highest BCUT2D eigenvalue weighted by Gasteiger charge is 2.35. The van der Waals surface area contributed by atoms with Crippen LogP contribution in [0.2, 0.25) is 0 Å². The van der Waals surface area contributed by atoms with E-state index in [1.807, 2.05) is 20.8 Å². The van der Waals surface area contributed by atoms with E-state index in [-0.39, 0.29) is 185 Å². The first kappa shape index (κ1) is 134. The molecule has 0 aromatic carbocycles. The summed E-state index contributed by atoms with van der Waals surface area (Å²) in [5.74, 6) is 218. The van der Waals surface area contributed by atoms with Gasteiger partial charge in [0, 0.05) is 282 Å². The monoisotopic (exact) mass is 2190 g/mol. The molecule has 20 nitrogen and oxygen atoms in total. The molecule has 0 aromatic rings. The van der Waals surface area contributed by atoms with Crippen molar-refractivity contribution in [3.05, 3.63) is 0 Å². The molecule has 150 heavy (non-hydrogen) atoms. The molecule has 4 unspecified atom stereocenters. The molecule has 0 radical (unpaired) electrons. The summed E-state index contributed by atoms with van der Waals surface area (Å²) >= 11 is 0. The van der Waals surface area contributed by atoms with E-state index in [9.17, 15) is 27.6 Å². The Balaban J connectivity index is -0.0000000118. The summed E-state index contributed by atoms with van der Waals surface area (Å²) < 4.78 is 24.7. The first-order valence-electron chi connectivity index (χ1n) is 41.9. The fourth-order valence-electron chi connectivity index (χ4n) is 9.47. The largest absolute Gasteiger partial charge is 1.00 e. The zero-order chi connectivity index (χ0) is 108. The molecule has 24 heteroatoms. The Morgan fingerprint density at radius 3 is 0.573 bits per heavy atom. The van der Waals surface area contributed by atoms with E-state index in [0.29, 0.717) is 32.4 Å². The van der Waals surface area contributed by atoms with Crippen LogP contribution in [-0.2, 0) is 33.6 Å². The maximum Gasteiger partial charge on any atom is 0.297 e. The van der Waals surface area contributed by atoms with E-state index in [4.69, 9.17) is 24.5 Å². The van der Waals surface area contributed by atoms with E-state index >= 15 is 0 Å². The topological polar surface area (TPSA) is 232 Å². The highest BCUT2D eigenvalue weighted by molar-refractivity contribution is 7.85. The van der Waals surface area contributed by atoms with Gasteiger partial charge >= 0.3 is 0 Å². The van der Waals surface area contributed by atoms with Crippen LogP contribution in [0.15, 0.2) is 20.0 Å². The van der Waals surface area contributed by atoms with Gasteiger partial charge in [-0.15, -0.1) is 19.3 Å². The van der Waals surface area contributed by atoms with Gasteiger partial charge in [0.1, 0.15) is 52.4 Å². The second-order valence-electron chi connectivity index (χ2n) is 26.4. The van der Waals surface area contributed by atoms with Crippen molar-refractivity contribution in [3.8, 4) is 534 Å². The maximum absolute atomic E-state index is 11.8. The first-order chi connectivity index (χ1) is 71.5. The van der Waals surface area contributed by atoms with Crippen LogP contribution in [0.25, 0.3) is 0 Å². The lowest BCUT2D eigenvalue weighted by atomic mass is 10.3. The average Bonchev–Trinajstić information content (AvgIpc) is 1.68. The summed E-state index contributed by atoms with van der Waals surface area (Å²) in [7, 11) is 2.58. The zero-order valence-electron chi connectivity index (χ0n) is 82.3. The standard InChI is InChI=1S/C33H17N3O.C32H15N3O.C30H15N3O.C30H19N3O.CH4O4S.3ClH.87H2/c1-4-5-6-7-8-9-10-11-12-13-14-15-16-17-18-19-20-21-22-23-24-25-26-27-33(37)35-29-31-36(3)30-28-34-32(36)2;1-4-5-6-7-8-9-10-11-12-13-14-15-16-17-18-19-20-21-22-23-24-25-26-32(36)34-28-30-35(3)29-27-33-31(35)2;1-4-5-6-7-8-9-10-11-12-13-14-15-16-17-18-19-20-21-22-23-24-30(34)32-26-28-33(3)27-25-31-29(33)2;1-4-6-7-8-9-10-11-12-13-14-15-16-17-18-19-20-21-22-23-30(34)32-25-28-33(26-5-2)27-24-31-29(33)3;1-6(3,4)5-2;;;;;;;;;;;;;;;;;;;;;;;;;;;;;;;;;;;;;;;;;;;;;;;;;;;;;;;;;;;;;;;;;;;;;;;;;;;;;;;;;;;;;;;;;;/h28-31H2,1-3H3;1H,27-30H2,2-3H3;1H,25-28H2,2-3H3;1H,5,24-28H2,2-3H3;2H,1H3;90*1H. The van der Waals surface area contributed by atoms with Crippen molar-refractivity contribution in [2.24, 2.45) is 20.0 Å². The van der Waals surface area contributed by atoms with Gasteiger partial charge in [0.15, 0.2) is 23.3 Å². The van der Waals surface area contributed by atoms with Crippen LogP contribution in [0.1, 0.15) is 172 Å². The fraction of sp³-hybridized carbons (Fsp3) is 0.222. The number of hydrogen-bond donors (Lipinski definition) is 4. The normalized spacial score (nSPS) is 12.3. The van der Waals surface area contributed by atoms with Crippen LogP contribution < -0.4 is 63.7 Å². The third-order valence-electron chi connectivity index (χ3n) is 16.7. The fourth-order valence-corrected chi connectivity index (χ4v) is 9.47. The molecule has 4 aliphatic rings. The predicted octanol–water partition coefficient (Wildman–Crippen LogP) is 10.4. The lowest BCUT2D eigenvalue weighted by Crippen LogP contribution is -3.00. The van der Waals surface area contributed by atoms with Crippen LogP contribution in [0.3, 0.4) is 0 Å². The van der Waals surface area contributed by atoms with Gasteiger partial charge in [-0.25, -0.2) is 28.4 Å². The molecular weight excluding hydrogens is 1950 g/mol. The van der Waals surface area contributed by atoms with Gasteiger partial charge < -0.3 is 68.1 Å². The van der Waals surface area contributed by atoms with Gasteiger partial charge in [-0.1, -0.05) is 12.8 Å². The van der Waals surface area contributed by atoms with Gasteiger partial charge in [0.25, 0.3) is 33.7 Å². The van der Waals surface area contributed by atoms with Gasteiger partial charge in [-0.2, -0.15) is 0 Å². The molecular formula is C126H247Cl3N12O8S. The van der Waals surface area contributed by atoms with Crippen LogP contribution >= 0.6 is 0 Å². The molecule has 0 bridgehead atoms. The number of rotatable bonds is 15. The minimum atomic E-state index is -3.72. The Morgan fingerprint density at radius 2 is 0.433 bits per heavy atom. The summed E-state index contributed by atoms with van der Waals surface area (Å²) in [6, 6.07) is 0. The van der Waals surface area contributed by atoms with Crippen molar-refractivity contribution >= 4 is 57.1 Å². The molecule has 0 saturated carbocycles. The molecule has 0 saturated heterocycles.